The van der Waals surface area contributed by atoms with E-state index in [2.05, 4.69) is 9.80 Å². The van der Waals surface area contributed by atoms with Gasteiger partial charge in [0, 0.05) is 75.1 Å². The van der Waals surface area contributed by atoms with Crippen molar-refractivity contribution in [2.75, 3.05) is 45.8 Å². The molecule has 3 saturated heterocycles. The van der Waals surface area contributed by atoms with Gasteiger partial charge in [0.25, 0.3) is 11.8 Å². The fourth-order valence-corrected chi connectivity index (χ4v) is 7.08. The van der Waals surface area contributed by atoms with Crippen LogP contribution in [0.1, 0.15) is 50.2 Å². The van der Waals surface area contributed by atoms with Gasteiger partial charge in [0.2, 0.25) is 0 Å². The van der Waals surface area contributed by atoms with E-state index in [1.165, 1.54) is 11.0 Å². The molecule has 6 rings (SSSR count). The first-order chi connectivity index (χ1) is 23.2. The molecule has 3 aliphatic heterocycles. The lowest BCUT2D eigenvalue weighted by atomic mass is 9.90. The molecular formula is C35H34F8N4O2. The molecular weight excluding hydrogens is 660 g/mol. The molecule has 0 saturated carbocycles. The Labute approximate surface area is 277 Å². The third-order valence-corrected chi connectivity index (χ3v) is 9.80. The number of alkyl halides is 6. The van der Waals surface area contributed by atoms with E-state index in [1.54, 1.807) is 4.90 Å². The standard InChI is InChI=1S/C35H34F8N4O2/c36-30-7-6-23(17-31(30)37)32(48)46-20-29(21-46)45-12-10-44(11-13-45)27-8-9-47(28(19-27)14-22-4-2-1-3-5-22)33(49)24-15-25(34(38,39)40)18-26(16-24)35(41,42)43/h1-7,15-18,27-29H,8-14,19-21H2/t27-,28+/m0/s1. The highest BCUT2D eigenvalue weighted by Crippen LogP contribution is 2.37. The van der Waals surface area contributed by atoms with Crippen LogP contribution in [0, 0.1) is 11.6 Å². The van der Waals surface area contributed by atoms with Gasteiger partial charge in [-0.1, -0.05) is 30.3 Å². The Morgan fingerprint density at radius 1 is 0.653 bits per heavy atom. The monoisotopic (exact) mass is 694 g/mol. The fraction of sp³-hybridized carbons (Fsp3) is 0.429. The van der Waals surface area contributed by atoms with E-state index in [9.17, 15) is 44.7 Å². The fourth-order valence-electron chi connectivity index (χ4n) is 7.08. The van der Waals surface area contributed by atoms with Crippen LogP contribution < -0.4 is 0 Å². The van der Waals surface area contributed by atoms with Gasteiger partial charge in [-0.15, -0.1) is 0 Å². The van der Waals surface area contributed by atoms with Gasteiger partial charge in [0.1, 0.15) is 0 Å². The first-order valence-electron chi connectivity index (χ1n) is 16.0. The predicted molar refractivity (Wildman–Crippen MR) is 164 cm³/mol. The van der Waals surface area contributed by atoms with Crippen LogP contribution in [0.15, 0.2) is 66.7 Å². The number of carbonyl (C=O) groups excluding carboxylic acids is 2. The first kappa shape index (κ1) is 34.8. The van der Waals surface area contributed by atoms with Crippen molar-refractivity contribution in [3.8, 4) is 0 Å². The Hall–Kier alpha value is -4.04. The van der Waals surface area contributed by atoms with Gasteiger partial charge >= 0.3 is 12.4 Å². The summed E-state index contributed by atoms with van der Waals surface area (Å²) in [7, 11) is 0. The van der Waals surface area contributed by atoms with Crippen molar-refractivity contribution >= 4 is 11.8 Å². The van der Waals surface area contributed by atoms with E-state index >= 15 is 0 Å². The molecule has 49 heavy (non-hydrogen) atoms. The summed E-state index contributed by atoms with van der Waals surface area (Å²) in [5.74, 6) is -3.33. The Morgan fingerprint density at radius 2 is 1.24 bits per heavy atom. The molecule has 3 fully saturated rings. The highest BCUT2D eigenvalue weighted by atomic mass is 19.4. The van der Waals surface area contributed by atoms with Crippen molar-refractivity contribution in [1.82, 2.24) is 19.6 Å². The van der Waals surface area contributed by atoms with E-state index in [1.807, 2.05) is 30.3 Å². The predicted octanol–water partition coefficient (Wildman–Crippen LogP) is 6.36. The topological polar surface area (TPSA) is 47.1 Å². The molecule has 3 aliphatic rings. The van der Waals surface area contributed by atoms with Crippen LogP contribution in [0.3, 0.4) is 0 Å². The largest absolute Gasteiger partial charge is 0.416 e. The van der Waals surface area contributed by atoms with E-state index in [0.717, 1.165) is 17.7 Å². The van der Waals surface area contributed by atoms with Gasteiger partial charge in [-0.25, -0.2) is 8.78 Å². The maximum absolute atomic E-state index is 13.7. The zero-order chi connectivity index (χ0) is 35.1. The van der Waals surface area contributed by atoms with Crippen LogP contribution in [0.4, 0.5) is 35.1 Å². The molecule has 3 heterocycles. The van der Waals surface area contributed by atoms with Crippen molar-refractivity contribution in [2.45, 2.75) is 49.7 Å². The number of piperazine rings is 1. The Balaban J connectivity index is 1.11. The third-order valence-electron chi connectivity index (χ3n) is 9.80. The minimum absolute atomic E-state index is 0.0236. The Kier molecular flexibility index (Phi) is 9.73. The summed E-state index contributed by atoms with van der Waals surface area (Å²) in [6.45, 7) is 3.92. The van der Waals surface area contributed by atoms with Gasteiger partial charge in [-0.05, 0) is 61.2 Å². The number of nitrogens with zero attached hydrogens (tertiary/aromatic N) is 4. The van der Waals surface area contributed by atoms with Crippen molar-refractivity contribution in [3.63, 3.8) is 0 Å². The highest BCUT2D eigenvalue weighted by molar-refractivity contribution is 5.95. The minimum Gasteiger partial charge on any atom is -0.335 e. The zero-order valence-corrected chi connectivity index (χ0v) is 26.3. The molecule has 6 nitrogen and oxygen atoms in total. The molecule has 3 aromatic carbocycles. The van der Waals surface area contributed by atoms with Crippen molar-refractivity contribution in [2.24, 2.45) is 0 Å². The summed E-state index contributed by atoms with van der Waals surface area (Å²) < 4.78 is 108. The van der Waals surface area contributed by atoms with Crippen LogP contribution in [0.2, 0.25) is 0 Å². The Bertz CT molecular complexity index is 1640. The van der Waals surface area contributed by atoms with Gasteiger partial charge in [-0.2, -0.15) is 26.3 Å². The summed E-state index contributed by atoms with van der Waals surface area (Å²) in [6.07, 6.45) is -8.75. The van der Waals surface area contributed by atoms with Crippen LogP contribution in [0.25, 0.3) is 0 Å². The molecule has 0 spiro atoms. The molecule has 0 unspecified atom stereocenters. The van der Waals surface area contributed by atoms with Crippen LogP contribution in [-0.4, -0.2) is 95.4 Å². The van der Waals surface area contributed by atoms with Crippen molar-refractivity contribution < 1.29 is 44.7 Å². The second kappa shape index (κ2) is 13.7. The van der Waals surface area contributed by atoms with E-state index < -0.39 is 52.6 Å². The SMILES string of the molecule is O=C(c1ccc(F)c(F)c1)N1CC(N2CCN([C@H]3CCN(C(=O)c4cc(C(F)(F)F)cc(C(F)(F)F)c4)[C@H](Cc4ccccc4)C3)CC2)C1. The number of carbonyl (C=O) groups is 2. The maximum Gasteiger partial charge on any atom is 0.416 e. The normalized spacial score (nSPS) is 21.5. The summed E-state index contributed by atoms with van der Waals surface area (Å²) in [4.78, 5) is 34.0. The average molecular weight is 695 g/mol. The summed E-state index contributed by atoms with van der Waals surface area (Å²) >= 11 is 0. The quantitative estimate of drug-likeness (QED) is 0.282. The second-order valence-electron chi connectivity index (χ2n) is 12.9. The number of benzene rings is 3. The van der Waals surface area contributed by atoms with Crippen molar-refractivity contribution in [1.29, 1.82) is 0 Å². The van der Waals surface area contributed by atoms with Crippen molar-refractivity contribution in [3.05, 3.63) is 106 Å². The van der Waals surface area contributed by atoms with Gasteiger partial charge in [0.05, 0.1) is 11.1 Å². The number of likely N-dealkylation sites (tertiary alicyclic amines) is 2. The lowest BCUT2D eigenvalue weighted by Gasteiger charge is -2.50. The highest BCUT2D eigenvalue weighted by Gasteiger charge is 2.41. The second-order valence-corrected chi connectivity index (χ2v) is 12.9. The van der Waals surface area contributed by atoms with E-state index in [4.69, 9.17) is 0 Å². The molecule has 0 aromatic heterocycles. The minimum atomic E-state index is -5.07. The number of hydrogen-bond acceptors (Lipinski definition) is 4. The third kappa shape index (κ3) is 7.75. The number of amides is 2. The molecule has 0 N–H and O–H groups in total. The molecule has 2 amide bonds. The Morgan fingerprint density at radius 3 is 1.82 bits per heavy atom. The molecule has 3 aromatic rings. The molecule has 262 valence electrons. The zero-order valence-electron chi connectivity index (χ0n) is 26.3. The van der Waals surface area contributed by atoms with Crippen LogP contribution >= 0.6 is 0 Å². The summed E-state index contributed by atoms with van der Waals surface area (Å²) in [5.41, 5.74) is -2.72. The number of rotatable bonds is 6. The van der Waals surface area contributed by atoms with E-state index in [-0.39, 0.29) is 36.2 Å². The van der Waals surface area contributed by atoms with Crippen LogP contribution in [-0.2, 0) is 18.8 Å². The first-order valence-corrected chi connectivity index (χ1v) is 16.0. The molecule has 0 aliphatic carbocycles. The van der Waals surface area contributed by atoms with Gasteiger partial charge < -0.3 is 9.80 Å². The lowest BCUT2D eigenvalue weighted by molar-refractivity contribution is -0.143. The maximum atomic E-state index is 13.7. The molecule has 0 bridgehead atoms. The van der Waals surface area contributed by atoms with E-state index in [0.29, 0.717) is 70.7 Å². The molecule has 14 heteroatoms. The average Bonchev–Trinajstić information content (AvgIpc) is 3.05. The summed E-state index contributed by atoms with van der Waals surface area (Å²) in [5, 5.41) is 0. The molecule has 0 radical (unpaired) electrons. The number of piperidine rings is 1. The van der Waals surface area contributed by atoms with Gasteiger partial charge in [0.15, 0.2) is 11.6 Å². The van der Waals surface area contributed by atoms with Crippen LogP contribution in [0.5, 0.6) is 0 Å². The lowest BCUT2D eigenvalue weighted by Crippen LogP contribution is -2.65. The number of hydrogen-bond donors (Lipinski definition) is 0. The number of halogens is 8. The van der Waals surface area contributed by atoms with Gasteiger partial charge in [-0.3, -0.25) is 19.4 Å². The smallest absolute Gasteiger partial charge is 0.335 e. The molecule has 2 atom stereocenters. The summed E-state index contributed by atoms with van der Waals surface area (Å²) in [6, 6.07) is 13.0.